The van der Waals surface area contributed by atoms with Gasteiger partial charge in [-0.25, -0.2) is 0 Å². The molecule has 0 amide bonds. The van der Waals surface area contributed by atoms with Crippen molar-refractivity contribution < 1.29 is 5.11 Å². The van der Waals surface area contributed by atoms with Crippen molar-refractivity contribution in [2.75, 3.05) is 0 Å². The first-order chi connectivity index (χ1) is 3.29. The van der Waals surface area contributed by atoms with Crippen molar-refractivity contribution in [1.29, 1.82) is 0 Å². The van der Waals surface area contributed by atoms with E-state index in [0.717, 1.165) is 6.42 Å². The van der Waals surface area contributed by atoms with E-state index in [0.29, 0.717) is 11.8 Å². The summed E-state index contributed by atoms with van der Waals surface area (Å²) in [5.74, 6) is 0.465. The number of aliphatic hydroxyl groups is 1. The molecule has 0 aromatic rings. The molecule has 2 N–H and O–H groups in total. The molecule has 0 saturated heterocycles. The van der Waals surface area contributed by atoms with E-state index in [-0.39, 0.29) is 0 Å². The fraction of sp³-hybridized carbons (Fsp3) is 0.600. The summed E-state index contributed by atoms with van der Waals surface area (Å²) in [5.41, 5.74) is 0. The highest BCUT2D eigenvalue weighted by molar-refractivity contribution is 5.00. The van der Waals surface area contributed by atoms with Crippen LogP contribution in [0.5, 0.6) is 0 Å². The average Bonchev–Trinajstić information content (AvgIpc) is 1.87. The second-order valence-electron chi connectivity index (χ2n) is 1.91. The molecule has 2 heteroatoms. The Bertz CT molecular complexity index is 98.3. The van der Waals surface area contributed by atoms with E-state index in [2.05, 4.69) is 5.32 Å². The van der Waals surface area contributed by atoms with Crippen molar-refractivity contribution >= 4 is 0 Å². The van der Waals surface area contributed by atoms with Gasteiger partial charge in [0.25, 0.3) is 0 Å². The monoisotopic (exact) mass is 99.1 g/mol. The molecule has 0 aromatic carbocycles. The Hall–Kier alpha value is -0.660. The normalized spacial score (nSPS) is 29.3. The van der Waals surface area contributed by atoms with Crippen LogP contribution < -0.4 is 5.32 Å². The van der Waals surface area contributed by atoms with Crippen LogP contribution in [-0.2, 0) is 0 Å². The molecule has 7 heavy (non-hydrogen) atoms. The third-order valence-electron chi connectivity index (χ3n) is 1.05. The van der Waals surface area contributed by atoms with E-state index < -0.39 is 0 Å². The standard InChI is InChI=1S/C5H9NO/c1-4-2-5(7)3-6-4/h3-4,6-7H,2H2,1H3. The Labute approximate surface area is 42.8 Å². The molecule has 0 radical (unpaired) electrons. The van der Waals surface area contributed by atoms with Crippen LogP contribution in [0.25, 0.3) is 0 Å². The minimum atomic E-state index is 0.431. The van der Waals surface area contributed by atoms with Crippen molar-refractivity contribution in [2.24, 2.45) is 0 Å². The molecule has 0 spiro atoms. The smallest absolute Gasteiger partial charge is 0.110 e. The van der Waals surface area contributed by atoms with E-state index in [4.69, 9.17) is 5.11 Å². The zero-order valence-corrected chi connectivity index (χ0v) is 4.31. The van der Waals surface area contributed by atoms with E-state index in [1.165, 1.54) is 0 Å². The van der Waals surface area contributed by atoms with Crippen LogP contribution in [0.4, 0.5) is 0 Å². The number of rotatable bonds is 0. The number of nitrogens with one attached hydrogen (secondary N) is 1. The van der Waals surface area contributed by atoms with Crippen LogP contribution in [0.3, 0.4) is 0 Å². The Kier molecular flexibility index (Phi) is 0.929. The predicted octanol–water partition coefficient (Wildman–Crippen LogP) is 0.768. The Morgan fingerprint density at radius 1 is 2.00 bits per heavy atom. The highest BCUT2D eigenvalue weighted by atomic mass is 16.3. The maximum absolute atomic E-state index is 8.70. The van der Waals surface area contributed by atoms with Gasteiger partial charge in [0.05, 0.1) is 0 Å². The Morgan fingerprint density at radius 2 is 2.71 bits per heavy atom. The molecule has 0 bridgehead atoms. The minimum Gasteiger partial charge on any atom is -0.511 e. The summed E-state index contributed by atoms with van der Waals surface area (Å²) in [4.78, 5) is 0. The third kappa shape index (κ3) is 0.856. The van der Waals surface area contributed by atoms with Gasteiger partial charge in [-0.1, -0.05) is 0 Å². The lowest BCUT2D eigenvalue weighted by atomic mass is 10.3. The molecule has 2 nitrogen and oxygen atoms in total. The molecular weight excluding hydrogens is 90.1 g/mol. The molecule has 1 rings (SSSR count). The van der Waals surface area contributed by atoms with Gasteiger partial charge in [0.1, 0.15) is 5.76 Å². The van der Waals surface area contributed by atoms with Crippen LogP contribution in [0, 0.1) is 0 Å². The van der Waals surface area contributed by atoms with Crippen LogP contribution in [0.15, 0.2) is 12.0 Å². The first kappa shape index (κ1) is 4.50. The summed E-state index contributed by atoms with van der Waals surface area (Å²) >= 11 is 0. The van der Waals surface area contributed by atoms with Gasteiger partial charge in [-0.15, -0.1) is 0 Å². The predicted molar refractivity (Wildman–Crippen MR) is 27.9 cm³/mol. The van der Waals surface area contributed by atoms with Gasteiger partial charge in [-0.05, 0) is 6.92 Å². The van der Waals surface area contributed by atoms with E-state index in [1.807, 2.05) is 6.92 Å². The lowest BCUT2D eigenvalue weighted by Crippen LogP contribution is -2.12. The summed E-state index contributed by atoms with van der Waals surface area (Å²) in [5, 5.41) is 11.7. The van der Waals surface area contributed by atoms with E-state index in [9.17, 15) is 0 Å². The largest absolute Gasteiger partial charge is 0.511 e. The van der Waals surface area contributed by atoms with E-state index >= 15 is 0 Å². The summed E-state index contributed by atoms with van der Waals surface area (Å²) in [7, 11) is 0. The summed E-state index contributed by atoms with van der Waals surface area (Å²) in [6.45, 7) is 2.03. The quantitative estimate of drug-likeness (QED) is 0.470. The minimum absolute atomic E-state index is 0.431. The molecule has 1 aliphatic rings. The van der Waals surface area contributed by atoms with Crippen molar-refractivity contribution in [3.8, 4) is 0 Å². The van der Waals surface area contributed by atoms with Crippen LogP contribution >= 0.6 is 0 Å². The van der Waals surface area contributed by atoms with Gasteiger partial charge < -0.3 is 10.4 Å². The first-order valence-electron chi connectivity index (χ1n) is 2.43. The number of hydrogen-bond donors (Lipinski definition) is 2. The molecule has 1 unspecified atom stereocenters. The molecule has 0 aliphatic carbocycles. The fourth-order valence-corrected chi connectivity index (χ4v) is 0.670. The Morgan fingerprint density at radius 3 is 2.86 bits per heavy atom. The second-order valence-corrected chi connectivity index (χ2v) is 1.91. The maximum atomic E-state index is 8.70. The Balaban J connectivity index is 2.42. The molecular formula is C5H9NO. The molecule has 0 saturated carbocycles. The average molecular weight is 99.1 g/mol. The molecule has 1 atom stereocenters. The van der Waals surface area contributed by atoms with Crippen molar-refractivity contribution in [3.05, 3.63) is 12.0 Å². The van der Waals surface area contributed by atoms with E-state index in [1.54, 1.807) is 6.20 Å². The summed E-state index contributed by atoms with van der Waals surface area (Å²) in [6.07, 6.45) is 2.42. The molecule has 40 valence electrons. The number of aliphatic hydroxyl groups excluding tert-OH is 1. The van der Waals surface area contributed by atoms with Crippen LogP contribution in [0.2, 0.25) is 0 Å². The maximum Gasteiger partial charge on any atom is 0.110 e. The van der Waals surface area contributed by atoms with Gasteiger partial charge in [-0.3, -0.25) is 0 Å². The van der Waals surface area contributed by atoms with Crippen molar-refractivity contribution in [2.45, 2.75) is 19.4 Å². The molecule has 1 heterocycles. The van der Waals surface area contributed by atoms with Gasteiger partial charge in [-0.2, -0.15) is 0 Å². The third-order valence-corrected chi connectivity index (χ3v) is 1.05. The highest BCUT2D eigenvalue weighted by Gasteiger charge is 2.07. The number of hydrogen-bond acceptors (Lipinski definition) is 2. The molecule has 0 fully saturated rings. The molecule has 1 aliphatic heterocycles. The lowest BCUT2D eigenvalue weighted by molar-refractivity contribution is 0.392. The van der Waals surface area contributed by atoms with Gasteiger partial charge in [0.2, 0.25) is 0 Å². The van der Waals surface area contributed by atoms with Crippen molar-refractivity contribution in [1.82, 2.24) is 5.32 Å². The zero-order valence-electron chi connectivity index (χ0n) is 4.31. The SMILES string of the molecule is CC1CC(O)=CN1. The summed E-state index contributed by atoms with van der Waals surface area (Å²) < 4.78 is 0. The second kappa shape index (κ2) is 1.45. The summed E-state index contributed by atoms with van der Waals surface area (Å²) in [6, 6.07) is 0.431. The highest BCUT2D eigenvalue weighted by Crippen LogP contribution is 2.06. The van der Waals surface area contributed by atoms with Crippen LogP contribution in [-0.4, -0.2) is 11.1 Å². The zero-order chi connectivity index (χ0) is 5.28. The van der Waals surface area contributed by atoms with Gasteiger partial charge in [0.15, 0.2) is 0 Å². The lowest BCUT2D eigenvalue weighted by Gasteiger charge is -1.97. The first-order valence-corrected chi connectivity index (χ1v) is 2.43. The van der Waals surface area contributed by atoms with Crippen LogP contribution in [0.1, 0.15) is 13.3 Å². The fourth-order valence-electron chi connectivity index (χ4n) is 0.670. The molecule has 0 aromatic heterocycles. The van der Waals surface area contributed by atoms with Crippen molar-refractivity contribution in [3.63, 3.8) is 0 Å². The van der Waals surface area contributed by atoms with Gasteiger partial charge >= 0.3 is 0 Å². The van der Waals surface area contributed by atoms with Gasteiger partial charge in [0, 0.05) is 18.7 Å². The topological polar surface area (TPSA) is 32.3 Å².